The van der Waals surface area contributed by atoms with Crippen LogP contribution in [0.1, 0.15) is 23.6 Å². The number of rotatable bonds is 6. The molecule has 0 unspecified atom stereocenters. The maximum Gasteiger partial charge on any atom is 0.220 e. The summed E-state index contributed by atoms with van der Waals surface area (Å²) < 4.78 is 18.0. The van der Waals surface area contributed by atoms with Crippen molar-refractivity contribution in [2.45, 2.75) is 26.2 Å². The third-order valence-electron chi connectivity index (χ3n) is 2.90. The van der Waals surface area contributed by atoms with Gasteiger partial charge in [0.25, 0.3) is 0 Å². The lowest BCUT2D eigenvalue weighted by atomic mass is 10.1. The Morgan fingerprint density at radius 1 is 1.40 bits per heavy atom. The Labute approximate surface area is 117 Å². The van der Waals surface area contributed by atoms with E-state index >= 15 is 0 Å². The van der Waals surface area contributed by atoms with Crippen LogP contribution in [0.25, 0.3) is 0 Å². The summed E-state index contributed by atoms with van der Waals surface area (Å²) in [5, 5.41) is 2.81. The van der Waals surface area contributed by atoms with Crippen molar-refractivity contribution in [2.75, 3.05) is 6.54 Å². The van der Waals surface area contributed by atoms with E-state index in [0.29, 0.717) is 31.7 Å². The number of amides is 1. The summed E-state index contributed by atoms with van der Waals surface area (Å²) >= 11 is 0. The van der Waals surface area contributed by atoms with E-state index in [9.17, 15) is 9.18 Å². The Balaban J connectivity index is 1.68. The number of carbonyl (C=O) groups excluding carboxylic acids is 1. The van der Waals surface area contributed by atoms with Gasteiger partial charge in [-0.3, -0.25) is 4.79 Å². The second-order valence-electron chi connectivity index (χ2n) is 4.59. The van der Waals surface area contributed by atoms with Crippen LogP contribution in [0.2, 0.25) is 0 Å². The Kier molecular flexibility index (Phi) is 4.87. The van der Waals surface area contributed by atoms with Gasteiger partial charge in [-0.1, -0.05) is 12.1 Å². The van der Waals surface area contributed by atoms with E-state index in [4.69, 9.17) is 4.42 Å². The predicted molar refractivity (Wildman–Crippen MR) is 72.7 cm³/mol. The molecule has 1 aromatic heterocycles. The molecule has 106 valence electrons. The van der Waals surface area contributed by atoms with Crippen molar-refractivity contribution in [3.63, 3.8) is 0 Å². The molecule has 0 aliphatic rings. The van der Waals surface area contributed by atoms with Crippen molar-refractivity contribution in [1.29, 1.82) is 0 Å². The SMILES string of the molecule is Cc1nc(CCNC(=O)CCc2cccc(F)c2)co1. The fourth-order valence-corrected chi connectivity index (χ4v) is 1.89. The van der Waals surface area contributed by atoms with E-state index in [1.807, 2.05) is 6.07 Å². The average molecular weight is 276 g/mol. The molecule has 0 fully saturated rings. The van der Waals surface area contributed by atoms with E-state index in [0.717, 1.165) is 11.3 Å². The van der Waals surface area contributed by atoms with Gasteiger partial charge in [0.15, 0.2) is 5.89 Å². The van der Waals surface area contributed by atoms with Crippen LogP contribution in [0.15, 0.2) is 34.9 Å². The molecule has 5 heteroatoms. The zero-order valence-corrected chi connectivity index (χ0v) is 11.4. The van der Waals surface area contributed by atoms with Gasteiger partial charge in [0.1, 0.15) is 12.1 Å². The number of aryl methyl sites for hydroxylation is 2. The van der Waals surface area contributed by atoms with Crippen molar-refractivity contribution in [3.8, 4) is 0 Å². The Hall–Kier alpha value is -2.17. The number of benzene rings is 1. The number of aromatic nitrogens is 1. The molecule has 0 aliphatic heterocycles. The number of hydrogen-bond acceptors (Lipinski definition) is 3. The minimum absolute atomic E-state index is 0.0468. The van der Waals surface area contributed by atoms with Crippen molar-refractivity contribution >= 4 is 5.91 Å². The fourth-order valence-electron chi connectivity index (χ4n) is 1.89. The van der Waals surface area contributed by atoms with E-state index in [1.165, 1.54) is 12.1 Å². The van der Waals surface area contributed by atoms with Crippen LogP contribution in [-0.2, 0) is 17.6 Å². The van der Waals surface area contributed by atoms with Crippen LogP contribution in [0.4, 0.5) is 4.39 Å². The highest BCUT2D eigenvalue weighted by atomic mass is 19.1. The van der Waals surface area contributed by atoms with Crippen LogP contribution < -0.4 is 5.32 Å². The van der Waals surface area contributed by atoms with E-state index in [2.05, 4.69) is 10.3 Å². The van der Waals surface area contributed by atoms with Crippen molar-refractivity contribution in [3.05, 3.63) is 53.5 Å². The summed E-state index contributed by atoms with van der Waals surface area (Å²) in [6.07, 6.45) is 3.12. The van der Waals surface area contributed by atoms with Gasteiger partial charge >= 0.3 is 0 Å². The molecule has 0 saturated heterocycles. The van der Waals surface area contributed by atoms with Gasteiger partial charge in [0, 0.05) is 26.3 Å². The molecule has 0 atom stereocenters. The zero-order valence-electron chi connectivity index (χ0n) is 11.4. The fraction of sp³-hybridized carbons (Fsp3) is 0.333. The summed E-state index contributed by atoms with van der Waals surface area (Å²) in [4.78, 5) is 15.8. The van der Waals surface area contributed by atoms with Gasteiger partial charge in [0.05, 0.1) is 5.69 Å². The molecular weight excluding hydrogens is 259 g/mol. The Morgan fingerprint density at radius 2 is 2.25 bits per heavy atom. The summed E-state index contributed by atoms with van der Waals surface area (Å²) in [6.45, 7) is 2.30. The topological polar surface area (TPSA) is 55.1 Å². The number of nitrogens with zero attached hydrogens (tertiary/aromatic N) is 1. The third-order valence-corrected chi connectivity index (χ3v) is 2.90. The quantitative estimate of drug-likeness (QED) is 0.881. The van der Waals surface area contributed by atoms with Gasteiger partial charge in [-0.25, -0.2) is 9.37 Å². The molecule has 2 rings (SSSR count). The molecular formula is C15H17FN2O2. The van der Waals surface area contributed by atoms with E-state index in [-0.39, 0.29) is 11.7 Å². The van der Waals surface area contributed by atoms with Crippen LogP contribution in [-0.4, -0.2) is 17.4 Å². The van der Waals surface area contributed by atoms with E-state index in [1.54, 1.807) is 19.3 Å². The van der Waals surface area contributed by atoms with Gasteiger partial charge in [-0.2, -0.15) is 0 Å². The second-order valence-corrected chi connectivity index (χ2v) is 4.59. The number of oxazole rings is 1. The maximum absolute atomic E-state index is 13.0. The van der Waals surface area contributed by atoms with Crippen LogP contribution in [0, 0.1) is 12.7 Å². The molecule has 4 nitrogen and oxygen atoms in total. The molecule has 1 heterocycles. The van der Waals surface area contributed by atoms with Gasteiger partial charge in [0.2, 0.25) is 5.91 Å². The molecule has 20 heavy (non-hydrogen) atoms. The Bertz CT molecular complexity index is 581. The van der Waals surface area contributed by atoms with Crippen LogP contribution in [0.5, 0.6) is 0 Å². The van der Waals surface area contributed by atoms with Gasteiger partial charge < -0.3 is 9.73 Å². The lowest BCUT2D eigenvalue weighted by Gasteiger charge is -2.04. The molecule has 1 amide bonds. The molecule has 0 saturated carbocycles. The molecule has 1 aromatic carbocycles. The minimum Gasteiger partial charge on any atom is -0.449 e. The highest BCUT2D eigenvalue weighted by molar-refractivity contribution is 5.76. The highest BCUT2D eigenvalue weighted by Gasteiger charge is 2.04. The monoisotopic (exact) mass is 276 g/mol. The first-order chi connectivity index (χ1) is 9.63. The molecule has 0 aliphatic carbocycles. The summed E-state index contributed by atoms with van der Waals surface area (Å²) in [7, 11) is 0. The minimum atomic E-state index is -0.274. The first-order valence-corrected chi connectivity index (χ1v) is 6.55. The van der Waals surface area contributed by atoms with Crippen molar-refractivity contribution in [1.82, 2.24) is 10.3 Å². The maximum atomic E-state index is 13.0. The van der Waals surface area contributed by atoms with Crippen LogP contribution >= 0.6 is 0 Å². The zero-order chi connectivity index (χ0) is 14.4. The predicted octanol–water partition coefficient (Wildman–Crippen LogP) is 2.41. The first-order valence-electron chi connectivity index (χ1n) is 6.55. The summed E-state index contributed by atoms with van der Waals surface area (Å²) in [5.41, 5.74) is 1.65. The second kappa shape index (κ2) is 6.84. The number of halogens is 1. The molecule has 2 aromatic rings. The third kappa shape index (κ3) is 4.50. The molecule has 0 spiro atoms. The van der Waals surface area contributed by atoms with Gasteiger partial charge in [-0.15, -0.1) is 0 Å². The number of nitrogens with one attached hydrogen (secondary N) is 1. The van der Waals surface area contributed by atoms with Crippen molar-refractivity contribution in [2.24, 2.45) is 0 Å². The van der Waals surface area contributed by atoms with Gasteiger partial charge in [-0.05, 0) is 24.1 Å². The molecule has 0 radical (unpaired) electrons. The first kappa shape index (κ1) is 14.2. The normalized spacial score (nSPS) is 10.5. The Morgan fingerprint density at radius 3 is 2.95 bits per heavy atom. The summed E-state index contributed by atoms with van der Waals surface area (Å²) in [5.74, 6) is 0.302. The number of carbonyl (C=O) groups is 1. The lowest BCUT2D eigenvalue weighted by Crippen LogP contribution is -2.25. The summed E-state index contributed by atoms with van der Waals surface area (Å²) in [6, 6.07) is 6.30. The average Bonchev–Trinajstić information content (AvgIpc) is 2.82. The van der Waals surface area contributed by atoms with E-state index < -0.39 is 0 Å². The highest BCUT2D eigenvalue weighted by Crippen LogP contribution is 2.06. The molecule has 0 bridgehead atoms. The number of hydrogen-bond donors (Lipinski definition) is 1. The lowest BCUT2D eigenvalue weighted by molar-refractivity contribution is -0.121. The molecule has 1 N–H and O–H groups in total. The smallest absolute Gasteiger partial charge is 0.220 e. The largest absolute Gasteiger partial charge is 0.449 e. The van der Waals surface area contributed by atoms with Crippen LogP contribution in [0.3, 0.4) is 0 Å². The van der Waals surface area contributed by atoms with Crippen molar-refractivity contribution < 1.29 is 13.6 Å². The standard InChI is InChI=1S/C15H17FN2O2/c1-11-18-14(10-20-11)7-8-17-15(19)6-5-12-3-2-4-13(16)9-12/h2-4,9-10H,5-8H2,1H3,(H,17,19).